The summed E-state index contributed by atoms with van der Waals surface area (Å²) < 4.78 is 64.7. The number of dihydropyridines is 1. The van der Waals surface area contributed by atoms with Crippen LogP contribution in [0, 0.1) is 11.6 Å². The highest BCUT2D eigenvalue weighted by Crippen LogP contribution is 2.34. The summed E-state index contributed by atoms with van der Waals surface area (Å²) in [5, 5.41) is 4.10. The molecule has 0 spiro atoms. The van der Waals surface area contributed by atoms with Crippen LogP contribution in [0.1, 0.15) is 0 Å². The number of nitrogens with two attached hydrogens (primary N) is 1. The summed E-state index contributed by atoms with van der Waals surface area (Å²) in [6.07, 6.45) is 5.21. The highest BCUT2D eigenvalue weighted by molar-refractivity contribution is 7.94. The summed E-state index contributed by atoms with van der Waals surface area (Å²) in [5.74, 6) is -1.93. The Balaban J connectivity index is 1.72. The van der Waals surface area contributed by atoms with Crippen LogP contribution in [0.25, 0.3) is 22.0 Å². The Morgan fingerprint density at radius 2 is 2.06 bits per heavy atom. The van der Waals surface area contributed by atoms with Crippen LogP contribution >= 0.6 is 11.6 Å². The average molecular weight is 523 g/mol. The Morgan fingerprint density at radius 1 is 1.26 bits per heavy atom. The second kappa shape index (κ2) is 9.74. The first kappa shape index (κ1) is 24.8. The van der Waals surface area contributed by atoms with Gasteiger partial charge in [-0.05, 0) is 49.0 Å². The third kappa shape index (κ3) is 4.91. The smallest absolute Gasteiger partial charge is 0.287 e. The Kier molecular flexibility index (Phi) is 6.90. The van der Waals surface area contributed by atoms with Crippen molar-refractivity contribution in [2.24, 2.45) is 0 Å². The zero-order chi connectivity index (χ0) is 25.2. The number of likely N-dealkylation sites (N-methyl/N-ethyl adjacent to an activating group) is 1. The molecule has 3 aromatic rings. The minimum absolute atomic E-state index is 0.00103. The van der Waals surface area contributed by atoms with E-state index in [0.29, 0.717) is 17.4 Å². The monoisotopic (exact) mass is 522 g/mol. The molecule has 0 bridgehead atoms. The standard InChI is InChI=1S/C22H21ClF2N6O3S/c1-27-8-9-34-22(7-6-15(23)12-29-22)35(32,33)31-18-5-3-16(24)19(20(18)25)13-2-4-17-14(10-13)11-28-21(26)30-17/h2-7,10-12,27,29,31H,8-9H2,1H3,(H2,26,28,30). The number of nitrogens with zero attached hydrogens (tertiary/aromatic N) is 2. The van der Waals surface area contributed by atoms with E-state index >= 15 is 4.39 Å². The van der Waals surface area contributed by atoms with Gasteiger partial charge in [0.05, 0.1) is 28.4 Å². The molecule has 0 saturated carbocycles. The maximum Gasteiger partial charge on any atom is 0.287 e. The van der Waals surface area contributed by atoms with Crippen molar-refractivity contribution in [2.75, 3.05) is 30.7 Å². The van der Waals surface area contributed by atoms with Crippen LogP contribution in [0.5, 0.6) is 0 Å². The average Bonchev–Trinajstić information content (AvgIpc) is 2.82. The minimum atomic E-state index is -4.47. The first-order valence-electron chi connectivity index (χ1n) is 10.3. The van der Waals surface area contributed by atoms with Gasteiger partial charge in [0.25, 0.3) is 15.1 Å². The van der Waals surface area contributed by atoms with Crippen molar-refractivity contribution in [1.29, 1.82) is 0 Å². The van der Waals surface area contributed by atoms with E-state index in [0.717, 1.165) is 12.1 Å². The maximum atomic E-state index is 15.5. The molecule has 184 valence electrons. The molecule has 0 amide bonds. The third-order valence-corrected chi connectivity index (χ3v) is 7.06. The molecule has 1 unspecified atom stereocenters. The predicted molar refractivity (Wildman–Crippen MR) is 131 cm³/mol. The number of hydrogen-bond donors (Lipinski definition) is 4. The molecular weight excluding hydrogens is 502 g/mol. The molecule has 1 atom stereocenters. The molecule has 1 aromatic heterocycles. The summed E-state index contributed by atoms with van der Waals surface area (Å²) in [6, 6.07) is 6.43. The third-order valence-electron chi connectivity index (χ3n) is 5.16. The summed E-state index contributed by atoms with van der Waals surface area (Å²) >= 11 is 5.91. The first-order valence-corrected chi connectivity index (χ1v) is 12.2. The molecule has 13 heteroatoms. The van der Waals surface area contributed by atoms with Crippen LogP contribution in [-0.2, 0) is 14.8 Å². The van der Waals surface area contributed by atoms with Crippen molar-refractivity contribution in [3.8, 4) is 11.1 Å². The van der Waals surface area contributed by atoms with Gasteiger partial charge in [-0.1, -0.05) is 17.7 Å². The van der Waals surface area contributed by atoms with Crippen LogP contribution < -0.4 is 21.1 Å². The van der Waals surface area contributed by atoms with Gasteiger partial charge in [0.1, 0.15) is 5.82 Å². The van der Waals surface area contributed by atoms with Crippen molar-refractivity contribution in [3.63, 3.8) is 0 Å². The second-order valence-electron chi connectivity index (χ2n) is 7.52. The van der Waals surface area contributed by atoms with Gasteiger partial charge >= 0.3 is 0 Å². The predicted octanol–water partition coefficient (Wildman–Crippen LogP) is 3.03. The van der Waals surface area contributed by atoms with Crippen molar-refractivity contribution in [2.45, 2.75) is 5.06 Å². The van der Waals surface area contributed by atoms with Crippen molar-refractivity contribution in [3.05, 3.63) is 71.5 Å². The number of sulfonamides is 1. The van der Waals surface area contributed by atoms with Crippen LogP contribution in [-0.4, -0.2) is 43.6 Å². The molecule has 0 fully saturated rings. The molecule has 2 aromatic carbocycles. The molecule has 4 rings (SSSR count). The van der Waals surface area contributed by atoms with Crippen molar-refractivity contribution < 1.29 is 21.9 Å². The summed E-state index contributed by atoms with van der Waals surface area (Å²) in [4.78, 5) is 7.95. The highest BCUT2D eigenvalue weighted by atomic mass is 35.5. The van der Waals surface area contributed by atoms with E-state index in [2.05, 4.69) is 25.3 Å². The number of rotatable bonds is 8. The van der Waals surface area contributed by atoms with Gasteiger partial charge < -0.3 is 21.1 Å². The maximum absolute atomic E-state index is 15.5. The fraction of sp³-hybridized carbons (Fsp3) is 0.182. The molecule has 9 nitrogen and oxygen atoms in total. The molecule has 35 heavy (non-hydrogen) atoms. The number of halogens is 3. The van der Waals surface area contributed by atoms with E-state index in [1.807, 2.05) is 0 Å². The molecular formula is C22H21ClF2N6O3S. The zero-order valence-corrected chi connectivity index (χ0v) is 19.9. The zero-order valence-electron chi connectivity index (χ0n) is 18.3. The molecule has 1 aliphatic rings. The fourth-order valence-corrected chi connectivity index (χ4v) is 4.83. The fourth-order valence-electron chi connectivity index (χ4n) is 3.41. The van der Waals surface area contributed by atoms with E-state index in [-0.39, 0.29) is 23.2 Å². The Labute approximate surface area is 205 Å². The van der Waals surface area contributed by atoms with E-state index in [1.54, 1.807) is 7.05 Å². The van der Waals surface area contributed by atoms with Gasteiger partial charge in [-0.25, -0.2) is 27.2 Å². The topological polar surface area (TPSA) is 131 Å². The highest BCUT2D eigenvalue weighted by Gasteiger charge is 2.44. The van der Waals surface area contributed by atoms with Crippen LogP contribution in [0.4, 0.5) is 20.4 Å². The quantitative estimate of drug-likeness (QED) is 0.332. The lowest BCUT2D eigenvalue weighted by Crippen LogP contribution is -2.54. The summed E-state index contributed by atoms with van der Waals surface area (Å²) in [5.41, 5.74) is 5.33. The number of allylic oxidation sites excluding steroid dienone is 2. The molecule has 0 radical (unpaired) electrons. The second-order valence-corrected chi connectivity index (χ2v) is 9.77. The van der Waals surface area contributed by atoms with E-state index in [4.69, 9.17) is 22.1 Å². The van der Waals surface area contributed by atoms with Gasteiger partial charge in [-0.2, -0.15) is 0 Å². The largest absolute Gasteiger partial charge is 0.368 e. The van der Waals surface area contributed by atoms with Crippen LogP contribution in [0.2, 0.25) is 0 Å². The van der Waals surface area contributed by atoms with Gasteiger partial charge in [0, 0.05) is 24.3 Å². The number of anilines is 2. The number of nitrogens with one attached hydrogen (secondary N) is 3. The Bertz CT molecular complexity index is 1450. The van der Waals surface area contributed by atoms with E-state index in [9.17, 15) is 12.8 Å². The van der Waals surface area contributed by atoms with Gasteiger partial charge in [0.2, 0.25) is 5.95 Å². The van der Waals surface area contributed by atoms with Crippen LogP contribution in [0.15, 0.2) is 59.9 Å². The SMILES string of the molecule is CNCCOC1(S(=O)(=O)Nc2ccc(F)c(-c3ccc4nc(N)ncc4c3)c2F)C=CC(Cl)=CN1. The van der Waals surface area contributed by atoms with Gasteiger partial charge in [-0.3, -0.25) is 4.72 Å². The number of benzene rings is 2. The number of fused-ring (bicyclic) bond motifs is 1. The molecule has 0 aliphatic carbocycles. The first-order chi connectivity index (χ1) is 16.7. The number of ether oxygens (including phenoxy) is 1. The lowest BCUT2D eigenvalue weighted by atomic mass is 10.0. The normalized spacial score (nSPS) is 17.8. The van der Waals surface area contributed by atoms with Crippen molar-refractivity contribution in [1.82, 2.24) is 20.6 Å². The Morgan fingerprint density at radius 3 is 2.77 bits per heavy atom. The van der Waals surface area contributed by atoms with Crippen molar-refractivity contribution >= 4 is 44.2 Å². The van der Waals surface area contributed by atoms with Gasteiger partial charge in [-0.15, -0.1) is 0 Å². The summed E-state index contributed by atoms with van der Waals surface area (Å²) in [7, 11) is -2.80. The number of nitrogen functional groups attached to an aromatic ring is 1. The summed E-state index contributed by atoms with van der Waals surface area (Å²) in [6.45, 7) is 0.345. The van der Waals surface area contributed by atoms with Gasteiger partial charge in [0.15, 0.2) is 5.82 Å². The molecule has 0 saturated heterocycles. The minimum Gasteiger partial charge on any atom is -0.368 e. The van der Waals surface area contributed by atoms with E-state index in [1.165, 1.54) is 42.7 Å². The molecule has 2 heterocycles. The lowest BCUT2D eigenvalue weighted by molar-refractivity contribution is 0.0394. The number of aromatic nitrogens is 2. The molecule has 1 aliphatic heterocycles. The number of hydrogen-bond acceptors (Lipinski definition) is 8. The van der Waals surface area contributed by atoms with Crippen LogP contribution in [0.3, 0.4) is 0 Å². The molecule has 5 N–H and O–H groups in total. The lowest BCUT2D eigenvalue weighted by Gasteiger charge is -2.33. The Hall–Kier alpha value is -3.32. The van der Waals surface area contributed by atoms with E-state index < -0.39 is 38.0 Å².